The van der Waals surface area contributed by atoms with Crippen LogP contribution in [0.2, 0.25) is 0 Å². The van der Waals surface area contributed by atoms with Crippen molar-refractivity contribution in [2.24, 2.45) is 0 Å². The van der Waals surface area contributed by atoms with Crippen molar-refractivity contribution in [1.82, 2.24) is 9.80 Å². The first-order valence-corrected chi connectivity index (χ1v) is 6.42. The van der Waals surface area contributed by atoms with Crippen LogP contribution in [0.15, 0.2) is 24.3 Å². The molecule has 0 radical (unpaired) electrons. The van der Waals surface area contributed by atoms with E-state index in [2.05, 4.69) is 0 Å². The summed E-state index contributed by atoms with van der Waals surface area (Å²) in [5.74, 6) is -0.00317. The number of nitrogens with two attached hydrogens (primary N) is 1. The van der Waals surface area contributed by atoms with Gasteiger partial charge in [-0.3, -0.25) is 9.59 Å². The zero-order valence-electron chi connectivity index (χ0n) is 11.1. The van der Waals surface area contributed by atoms with Crippen molar-refractivity contribution in [3.05, 3.63) is 29.8 Å². The maximum absolute atomic E-state index is 12.2. The molecule has 0 atom stereocenters. The molecule has 0 unspecified atom stereocenters. The van der Waals surface area contributed by atoms with E-state index in [1.54, 1.807) is 29.0 Å². The quantitative estimate of drug-likeness (QED) is 0.788. The van der Waals surface area contributed by atoms with Gasteiger partial charge in [-0.05, 0) is 24.1 Å². The number of carbonyl (C=O) groups is 2. The predicted octanol–water partition coefficient (Wildman–Crippen LogP) is 0.502. The van der Waals surface area contributed by atoms with Gasteiger partial charge in [-0.15, -0.1) is 0 Å². The van der Waals surface area contributed by atoms with Gasteiger partial charge in [0, 0.05) is 25.8 Å². The summed E-state index contributed by atoms with van der Waals surface area (Å²) in [7, 11) is 1.77. The SMILES string of the molecule is CN1CCCN(C(=O)Cc2ccc(N)cc2)CC1=O. The lowest BCUT2D eigenvalue weighted by Crippen LogP contribution is -2.38. The van der Waals surface area contributed by atoms with Crippen molar-refractivity contribution in [2.45, 2.75) is 12.8 Å². The molecule has 2 rings (SSSR count). The first kappa shape index (κ1) is 13.4. The first-order valence-electron chi connectivity index (χ1n) is 6.42. The van der Waals surface area contributed by atoms with Crippen molar-refractivity contribution in [3.8, 4) is 0 Å². The van der Waals surface area contributed by atoms with E-state index < -0.39 is 0 Å². The van der Waals surface area contributed by atoms with Crippen LogP contribution in [-0.4, -0.2) is 48.3 Å². The average molecular weight is 261 g/mol. The van der Waals surface area contributed by atoms with Crippen LogP contribution in [0.1, 0.15) is 12.0 Å². The fourth-order valence-electron chi connectivity index (χ4n) is 2.12. The molecule has 2 N–H and O–H groups in total. The summed E-state index contributed by atoms with van der Waals surface area (Å²) < 4.78 is 0. The second-order valence-electron chi connectivity index (χ2n) is 4.90. The van der Waals surface area contributed by atoms with Gasteiger partial charge in [-0.2, -0.15) is 0 Å². The maximum atomic E-state index is 12.2. The van der Waals surface area contributed by atoms with Crippen LogP contribution in [0, 0.1) is 0 Å². The van der Waals surface area contributed by atoms with Gasteiger partial charge in [-0.25, -0.2) is 0 Å². The minimum Gasteiger partial charge on any atom is -0.399 e. The number of nitrogen functional groups attached to an aromatic ring is 1. The van der Waals surface area contributed by atoms with Crippen LogP contribution >= 0.6 is 0 Å². The lowest BCUT2D eigenvalue weighted by atomic mass is 10.1. The number of anilines is 1. The van der Waals surface area contributed by atoms with Crippen LogP contribution in [0.3, 0.4) is 0 Å². The van der Waals surface area contributed by atoms with Gasteiger partial charge in [0.2, 0.25) is 11.8 Å². The van der Waals surface area contributed by atoms with Gasteiger partial charge in [0.1, 0.15) is 0 Å². The summed E-state index contributed by atoms with van der Waals surface area (Å²) >= 11 is 0. The highest BCUT2D eigenvalue weighted by Gasteiger charge is 2.22. The summed E-state index contributed by atoms with van der Waals surface area (Å²) in [5, 5.41) is 0. The van der Waals surface area contributed by atoms with Gasteiger partial charge < -0.3 is 15.5 Å². The highest BCUT2D eigenvalue weighted by Crippen LogP contribution is 2.09. The molecule has 1 heterocycles. The molecule has 5 heteroatoms. The lowest BCUT2D eigenvalue weighted by Gasteiger charge is -2.19. The molecule has 19 heavy (non-hydrogen) atoms. The first-order chi connectivity index (χ1) is 9.06. The van der Waals surface area contributed by atoms with Crippen LogP contribution in [0.5, 0.6) is 0 Å². The lowest BCUT2D eigenvalue weighted by molar-refractivity contribution is -0.137. The fraction of sp³-hybridized carbons (Fsp3) is 0.429. The zero-order chi connectivity index (χ0) is 13.8. The molecule has 0 saturated carbocycles. The Morgan fingerprint density at radius 3 is 2.63 bits per heavy atom. The predicted molar refractivity (Wildman–Crippen MR) is 73.4 cm³/mol. The summed E-state index contributed by atoms with van der Waals surface area (Å²) in [4.78, 5) is 27.2. The monoisotopic (exact) mass is 261 g/mol. The Kier molecular flexibility index (Phi) is 4.04. The number of rotatable bonds is 2. The van der Waals surface area contributed by atoms with Crippen molar-refractivity contribution >= 4 is 17.5 Å². The maximum Gasteiger partial charge on any atom is 0.241 e. The third-order valence-electron chi connectivity index (χ3n) is 3.36. The number of nitrogens with zero attached hydrogens (tertiary/aromatic N) is 2. The van der Waals surface area contributed by atoms with E-state index >= 15 is 0 Å². The Morgan fingerprint density at radius 1 is 1.26 bits per heavy atom. The van der Waals surface area contributed by atoms with Crippen LogP contribution in [0.25, 0.3) is 0 Å². The summed E-state index contributed by atoms with van der Waals surface area (Å²) in [5.41, 5.74) is 7.21. The third-order valence-corrected chi connectivity index (χ3v) is 3.36. The highest BCUT2D eigenvalue weighted by atomic mass is 16.2. The van der Waals surface area contributed by atoms with E-state index in [-0.39, 0.29) is 18.4 Å². The number of hydrogen-bond acceptors (Lipinski definition) is 3. The smallest absolute Gasteiger partial charge is 0.241 e. The number of amides is 2. The summed E-state index contributed by atoms with van der Waals surface area (Å²) in [6.45, 7) is 1.54. The second-order valence-corrected chi connectivity index (χ2v) is 4.90. The summed E-state index contributed by atoms with van der Waals surface area (Å²) in [6.07, 6.45) is 1.15. The third kappa shape index (κ3) is 3.47. The van der Waals surface area contributed by atoms with E-state index in [0.717, 1.165) is 12.0 Å². The minimum absolute atomic E-state index is 0.00292. The Balaban J connectivity index is 1.99. The van der Waals surface area contributed by atoms with Gasteiger partial charge in [-0.1, -0.05) is 12.1 Å². The van der Waals surface area contributed by atoms with Crippen molar-refractivity contribution < 1.29 is 9.59 Å². The molecule has 2 amide bonds. The van der Waals surface area contributed by atoms with E-state index in [1.807, 2.05) is 12.1 Å². The number of benzene rings is 1. The Morgan fingerprint density at radius 2 is 1.95 bits per heavy atom. The fourth-order valence-corrected chi connectivity index (χ4v) is 2.12. The Labute approximate surface area is 113 Å². The Bertz CT molecular complexity index is 470. The molecule has 1 saturated heterocycles. The van der Waals surface area contributed by atoms with Crippen molar-refractivity contribution in [3.63, 3.8) is 0 Å². The standard InChI is InChI=1S/C14H19N3O2/c1-16-7-2-8-17(10-14(16)19)13(18)9-11-3-5-12(15)6-4-11/h3-6H,2,7-10,15H2,1H3. The highest BCUT2D eigenvalue weighted by molar-refractivity contribution is 5.86. The van der Waals surface area contributed by atoms with Crippen LogP contribution in [0.4, 0.5) is 5.69 Å². The molecule has 1 aliphatic heterocycles. The average Bonchev–Trinajstić information content (AvgIpc) is 2.55. The molecule has 102 valence electrons. The van der Waals surface area contributed by atoms with Crippen molar-refractivity contribution in [1.29, 1.82) is 0 Å². The molecule has 0 aromatic heterocycles. The van der Waals surface area contributed by atoms with Gasteiger partial charge >= 0.3 is 0 Å². The number of carbonyl (C=O) groups excluding carboxylic acids is 2. The Hall–Kier alpha value is -2.04. The molecule has 1 aromatic carbocycles. The van der Waals surface area contributed by atoms with Gasteiger partial charge in [0.25, 0.3) is 0 Å². The molecule has 5 nitrogen and oxygen atoms in total. The van der Waals surface area contributed by atoms with E-state index in [1.165, 1.54) is 0 Å². The topological polar surface area (TPSA) is 66.6 Å². The molecule has 0 spiro atoms. The van der Waals surface area contributed by atoms with E-state index in [0.29, 0.717) is 25.2 Å². The number of hydrogen-bond donors (Lipinski definition) is 1. The molecule has 1 aliphatic rings. The summed E-state index contributed by atoms with van der Waals surface area (Å²) in [6, 6.07) is 7.26. The molecule has 0 aliphatic carbocycles. The molecule has 1 aromatic rings. The van der Waals surface area contributed by atoms with Crippen LogP contribution in [-0.2, 0) is 16.0 Å². The molecule has 1 fully saturated rings. The van der Waals surface area contributed by atoms with Crippen molar-refractivity contribution in [2.75, 3.05) is 32.4 Å². The van der Waals surface area contributed by atoms with Gasteiger partial charge in [0.05, 0.1) is 13.0 Å². The molecule has 0 bridgehead atoms. The number of likely N-dealkylation sites (N-methyl/N-ethyl adjacent to an activating group) is 1. The molecular formula is C14H19N3O2. The second kappa shape index (κ2) is 5.73. The zero-order valence-corrected chi connectivity index (χ0v) is 11.1. The minimum atomic E-state index is -0.00609. The van der Waals surface area contributed by atoms with E-state index in [9.17, 15) is 9.59 Å². The normalized spacial score (nSPS) is 16.4. The van der Waals surface area contributed by atoms with E-state index in [4.69, 9.17) is 5.73 Å². The largest absolute Gasteiger partial charge is 0.399 e. The van der Waals surface area contributed by atoms with Gasteiger partial charge in [0.15, 0.2) is 0 Å². The van der Waals surface area contributed by atoms with Crippen LogP contribution < -0.4 is 5.73 Å². The molecular weight excluding hydrogens is 242 g/mol.